The average Bonchev–Trinajstić information content (AvgIpc) is 2.88. The molecule has 3 aromatic rings. The number of anilines is 1. The molecule has 4 rings (SSSR count). The molecule has 0 radical (unpaired) electrons. The summed E-state index contributed by atoms with van der Waals surface area (Å²) >= 11 is 0. The minimum absolute atomic E-state index is 0.336. The number of hydrogen-bond donors (Lipinski definition) is 1. The van der Waals surface area contributed by atoms with Crippen LogP contribution in [0.5, 0.6) is 0 Å². The van der Waals surface area contributed by atoms with Crippen molar-refractivity contribution in [2.24, 2.45) is 0 Å². The topological polar surface area (TPSA) is 68.5 Å². The van der Waals surface area contributed by atoms with Crippen LogP contribution < -0.4 is 5.32 Å². The molecule has 0 saturated carbocycles. The van der Waals surface area contributed by atoms with Crippen molar-refractivity contribution in [2.75, 3.05) is 5.32 Å². The van der Waals surface area contributed by atoms with Crippen LogP contribution in [0.2, 0.25) is 0 Å². The van der Waals surface area contributed by atoms with E-state index < -0.39 is 0 Å². The van der Waals surface area contributed by atoms with Crippen LogP contribution >= 0.6 is 0 Å². The normalized spacial score (nSPS) is 17.7. The molecule has 1 aliphatic rings. The Balaban J connectivity index is 1.57. The molecule has 0 spiro atoms. The Morgan fingerprint density at radius 2 is 2.05 bits per heavy atom. The fourth-order valence-corrected chi connectivity index (χ4v) is 2.82. The molecule has 0 aliphatic carbocycles. The summed E-state index contributed by atoms with van der Waals surface area (Å²) in [5.41, 5.74) is 1.84. The minimum atomic E-state index is 0.336. The van der Waals surface area contributed by atoms with Crippen molar-refractivity contribution in [3.8, 4) is 0 Å². The zero-order chi connectivity index (χ0) is 14.2. The van der Waals surface area contributed by atoms with Crippen molar-refractivity contribution in [1.29, 1.82) is 0 Å². The molecule has 3 heterocycles. The summed E-state index contributed by atoms with van der Waals surface area (Å²) in [4.78, 5) is 9.06. The van der Waals surface area contributed by atoms with Crippen molar-refractivity contribution in [1.82, 2.24) is 24.7 Å². The van der Waals surface area contributed by atoms with Gasteiger partial charge in [-0.15, -0.1) is 10.2 Å². The maximum Gasteiger partial charge on any atom is 0.145 e. The Bertz CT molecular complexity index is 794. The first-order chi connectivity index (χ1) is 10.3. The first-order valence-electron chi connectivity index (χ1n) is 7.16. The molecule has 6 heteroatoms. The lowest BCUT2D eigenvalue weighted by molar-refractivity contribution is 0.469. The molecule has 0 fully saturated rings. The van der Waals surface area contributed by atoms with Gasteiger partial charge in [0.2, 0.25) is 0 Å². The van der Waals surface area contributed by atoms with Gasteiger partial charge in [0.1, 0.15) is 17.5 Å². The van der Waals surface area contributed by atoms with Crippen LogP contribution in [0.4, 0.5) is 5.82 Å². The van der Waals surface area contributed by atoms with Gasteiger partial charge < -0.3 is 9.88 Å². The number of fused-ring (bicyclic) bond motifs is 2. The Morgan fingerprint density at radius 1 is 1.19 bits per heavy atom. The predicted molar refractivity (Wildman–Crippen MR) is 80.0 cm³/mol. The number of benzene rings is 1. The van der Waals surface area contributed by atoms with E-state index in [1.165, 1.54) is 0 Å². The van der Waals surface area contributed by atoms with E-state index in [-0.39, 0.29) is 0 Å². The van der Waals surface area contributed by atoms with E-state index in [1.807, 2.05) is 31.2 Å². The van der Waals surface area contributed by atoms with E-state index in [9.17, 15) is 0 Å². The monoisotopic (exact) mass is 280 g/mol. The van der Waals surface area contributed by atoms with Gasteiger partial charge in [0.05, 0.1) is 17.2 Å². The van der Waals surface area contributed by atoms with Gasteiger partial charge in [-0.2, -0.15) is 0 Å². The van der Waals surface area contributed by atoms with Crippen LogP contribution in [0, 0.1) is 6.92 Å². The lowest BCUT2D eigenvalue weighted by atomic mass is 10.1. The fraction of sp³-hybridized carbons (Fsp3) is 0.333. The molecule has 1 atom stereocenters. The number of nitrogens with zero attached hydrogens (tertiary/aromatic N) is 5. The smallest absolute Gasteiger partial charge is 0.145 e. The molecular formula is C15H16N6. The van der Waals surface area contributed by atoms with Gasteiger partial charge in [-0.05, 0) is 25.5 Å². The maximum absolute atomic E-state index is 4.62. The summed E-state index contributed by atoms with van der Waals surface area (Å²) < 4.78 is 2.18. The second kappa shape index (κ2) is 4.80. The van der Waals surface area contributed by atoms with Gasteiger partial charge >= 0.3 is 0 Å². The van der Waals surface area contributed by atoms with Gasteiger partial charge in [-0.25, -0.2) is 4.98 Å². The summed E-state index contributed by atoms with van der Waals surface area (Å²) in [5, 5.41) is 11.8. The number of rotatable bonds is 2. The first-order valence-corrected chi connectivity index (χ1v) is 7.16. The third kappa shape index (κ3) is 2.22. The zero-order valence-electron chi connectivity index (χ0n) is 11.8. The predicted octanol–water partition coefficient (Wildman–Crippen LogP) is 1.96. The summed E-state index contributed by atoms with van der Waals surface area (Å²) in [5.74, 6) is 2.88. The van der Waals surface area contributed by atoms with Crippen molar-refractivity contribution >= 4 is 16.9 Å². The van der Waals surface area contributed by atoms with E-state index in [1.54, 1.807) is 6.20 Å². The van der Waals surface area contributed by atoms with Gasteiger partial charge in [-0.3, -0.25) is 4.98 Å². The van der Waals surface area contributed by atoms with Crippen LogP contribution in [-0.4, -0.2) is 30.8 Å². The molecule has 1 N–H and O–H groups in total. The number of aryl methyl sites for hydroxylation is 2. The Morgan fingerprint density at radius 3 is 2.95 bits per heavy atom. The molecule has 0 amide bonds. The quantitative estimate of drug-likeness (QED) is 0.777. The zero-order valence-corrected chi connectivity index (χ0v) is 11.8. The summed E-state index contributed by atoms with van der Waals surface area (Å²) in [7, 11) is 0. The van der Waals surface area contributed by atoms with Crippen molar-refractivity contribution < 1.29 is 0 Å². The highest BCUT2D eigenvalue weighted by molar-refractivity contribution is 5.75. The number of hydrogen-bond acceptors (Lipinski definition) is 5. The van der Waals surface area contributed by atoms with E-state index >= 15 is 0 Å². The van der Waals surface area contributed by atoms with E-state index in [0.717, 1.165) is 47.9 Å². The molecule has 0 unspecified atom stereocenters. The maximum atomic E-state index is 4.62. The van der Waals surface area contributed by atoms with Crippen LogP contribution in [-0.2, 0) is 13.0 Å². The lowest BCUT2D eigenvalue weighted by Gasteiger charge is -2.25. The van der Waals surface area contributed by atoms with Crippen molar-refractivity contribution in [3.05, 3.63) is 42.1 Å². The second-order valence-electron chi connectivity index (χ2n) is 5.40. The van der Waals surface area contributed by atoms with Crippen LogP contribution in [0.15, 0.2) is 30.5 Å². The highest BCUT2D eigenvalue weighted by Gasteiger charge is 2.21. The fourth-order valence-electron chi connectivity index (χ4n) is 2.82. The third-order valence-electron chi connectivity index (χ3n) is 3.93. The lowest BCUT2D eigenvalue weighted by Crippen LogP contribution is -2.32. The number of nitrogens with one attached hydrogen (secondary N) is 1. The number of para-hydroxylation sites is 2. The Hall–Kier alpha value is -2.50. The van der Waals surface area contributed by atoms with Crippen molar-refractivity contribution in [3.63, 3.8) is 0 Å². The standard InChI is InChI=1S/C15H16N6/c1-10-19-20-15-7-6-11(9-21(10)15)17-14-8-16-12-4-2-3-5-13(12)18-14/h2-5,8,11H,6-7,9H2,1H3,(H,17,18)/t11-/m1/s1. The molecule has 6 nitrogen and oxygen atoms in total. The van der Waals surface area contributed by atoms with Crippen LogP contribution in [0.25, 0.3) is 11.0 Å². The Labute approximate surface area is 122 Å². The SMILES string of the molecule is Cc1nnc2n1C[C@H](Nc1cnc3ccccc3n1)CC2. The molecule has 21 heavy (non-hydrogen) atoms. The van der Waals surface area contributed by atoms with E-state index in [2.05, 4.69) is 30.0 Å². The van der Waals surface area contributed by atoms with Gasteiger partial charge in [-0.1, -0.05) is 12.1 Å². The summed E-state index contributed by atoms with van der Waals surface area (Å²) in [6.07, 6.45) is 3.78. The molecule has 0 saturated heterocycles. The molecule has 106 valence electrons. The molecule has 0 bridgehead atoms. The molecule has 2 aromatic heterocycles. The molecular weight excluding hydrogens is 264 g/mol. The third-order valence-corrected chi connectivity index (χ3v) is 3.93. The minimum Gasteiger partial charge on any atom is -0.364 e. The van der Waals surface area contributed by atoms with Gasteiger partial charge in [0.25, 0.3) is 0 Å². The van der Waals surface area contributed by atoms with E-state index in [0.29, 0.717) is 6.04 Å². The second-order valence-corrected chi connectivity index (χ2v) is 5.40. The van der Waals surface area contributed by atoms with Gasteiger partial charge in [0, 0.05) is 19.0 Å². The summed E-state index contributed by atoms with van der Waals surface area (Å²) in [6, 6.07) is 8.24. The molecule has 1 aliphatic heterocycles. The number of aromatic nitrogens is 5. The molecule has 1 aromatic carbocycles. The average molecular weight is 280 g/mol. The van der Waals surface area contributed by atoms with Crippen molar-refractivity contribution in [2.45, 2.75) is 32.4 Å². The Kier molecular flexibility index (Phi) is 2.80. The van der Waals surface area contributed by atoms with Gasteiger partial charge in [0.15, 0.2) is 0 Å². The van der Waals surface area contributed by atoms with Crippen LogP contribution in [0.3, 0.4) is 0 Å². The first kappa shape index (κ1) is 12.3. The van der Waals surface area contributed by atoms with E-state index in [4.69, 9.17) is 0 Å². The highest BCUT2D eigenvalue weighted by atomic mass is 15.3. The largest absolute Gasteiger partial charge is 0.364 e. The van der Waals surface area contributed by atoms with Crippen LogP contribution in [0.1, 0.15) is 18.1 Å². The summed E-state index contributed by atoms with van der Waals surface area (Å²) in [6.45, 7) is 2.87. The highest BCUT2D eigenvalue weighted by Crippen LogP contribution is 2.18.